The number of carbonyl (C=O) groups is 4. The molecule has 10 nitrogen and oxygen atoms in total. The monoisotopic (exact) mass is 567 g/mol. The van der Waals surface area contributed by atoms with Gasteiger partial charge in [-0.25, -0.2) is 0 Å². The SMILES string of the molecule is COc1cc(OC)cc(C(=O)NN2C[C@@H](C(=O)OCC(=O)Nc3ccc(Br)c(Cl)c3C)CC2=O)c1. The Balaban J connectivity index is 1.54. The number of esters is 1. The maximum absolute atomic E-state index is 12.6. The zero-order chi connectivity index (χ0) is 25.7. The number of nitrogens with one attached hydrogen (secondary N) is 2. The number of hydrogen-bond acceptors (Lipinski definition) is 7. The predicted octanol–water partition coefficient (Wildman–Crippen LogP) is 3.10. The fraction of sp³-hybridized carbons (Fsp3) is 0.304. The summed E-state index contributed by atoms with van der Waals surface area (Å²) in [5, 5.41) is 4.13. The van der Waals surface area contributed by atoms with Gasteiger partial charge in [0, 0.05) is 28.2 Å². The maximum atomic E-state index is 12.6. The van der Waals surface area contributed by atoms with Crippen molar-refractivity contribution in [3.63, 3.8) is 0 Å². The van der Waals surface area contributed by atoms with Crippen LogP contribution in [0.4, 0.5) is 5.69 Å². The zero-order valence-electron chi connectivity index (χ0n) is 19.1. The lowest BCUT2D eigenvalue weighted by molar-refractivity contribution is -0.151. The molecule has 186 valence electrons. The van der Waals surface area contributed by atoms with Crippen LogP contribution in [0.3, 0.4) is 0 Å². The number of hydrazine groups is 1. The Morgan fingerprint density at radius 2 is 1.80 bits per heavy atom. The first-order chi connectivity index (χ1) is 16.6. The lowest BCUT2D eigenvalue weighted by Crippen LogP contribution is -2.43. The number of carbonyl (C=O) groups excluding carboxylic acids is 4. The minimum atomic E-state index is -0.834. The van der Waals surface area contributed by atoms with Gasteiger partial charge in [0.1, 0.15) is 11.5 Å². The van der Waals surface area contributed by atoms with E-state index in [4.69, 9.17) is 25.8 Å². The van der Waals surface area contributed by atoms with Crippen LogP contribution < -0.4 is 20.2 Å². The number of rotatable bonds is 8. The van der Waals surface area contributed by atoms with Gasteiger partial charge in [-0.3, -0.25) is 29.6 Å². The fourth-order valence-corrected chi connectivity index (χ4v) is 3.92. The number of anilines is 1. The quantitative estimate of drug-likeness (QED) is 0.469. The van der Waals surface area contributed by atoms with Crippen molar-refractivity contribution in [3.8, 4) is 11.5 Å². The molecule has 0 unspecified atom stereocenters. The Labute approximate surface area is 214 Å². The standard InChI is InChI=1S/C23H23BrClN3O7/c1-12-18(5-4-17(24)21(12)25)26-19(29)11-35-23(32)14-8-20(30)28(10-14)27-22(31)13-6-15(33-2)9-16(7-13)34-3/h4-7,9,14H,8,10-11H2,1-3H3,(H,26,29)(H,27,31)/t14-/m0/s1. The Hall–Kier alpha value is -3.31. The molecule has 2 aromatic rings. The van der Waals surface area contributed by atoms with Gasteiger partial charge in [0.25, 0.3) is 11.8 Å². The van der Waals surface area contributed by atoms with E-state index < -0.39 is 36.2 Å². The van der Waals surface area contributed by atoms with Crippen LogP contribution >= 0.6 is 27.5 Å². The summed E-state index contributed by atoms with van der Waals surface area (Å²) in [6, 6.07) is 7.93. The minimum Gasteiger partial charge on any atom is -0.497 e. The van der Waals surface area contributed by atoms with Crippen molar-refractivity contribution in [2.45, 2.75) is 13.3 Å². The molecule has 35 heavy (non-hydrogen) atoms. The average Bonchev–Trinajstić information content (AvgIpc) is 3.22. The van der Waals surface area contributed by atoms with Gasteiger partial charge >= 0.3 is 5.97 Å². The predicted molar refractivity (Wildman–Crippen MR) is 130 cm³/mol. The highest BCUT2D eigenvalue weighted by Crippen LogP contribution is 2.31. The van der Waals surface area contributed by atoms with Crippen molar-refractivity contribution >= 4 is 56.9 Å². The van der Waals surface area contributed by atoms with E-state index in [9.17, 15) is 19.2 Å². The highest BCUT2D eigenvalue weighted by molar-refractivity contribution is 9.10. The molecule has 1 aliphatic heterocycles. The molecule has 3 rings (SSSR count). The first-order valence-electron chi connectivity index (χ1n) is 10.4. The van der Waals surface area contributed by atoms with Gasteiger partial charge in [-0.15, -0.1) is 0 Å². The van der Waals surface area contributed by atoms with Crippen LogP contribution in [0, 0.1) is 12.8 Å². The second kappa shape index (κ2) is 11.4. The Morgan fingerprint density at radius 3 is 2.43 bits per heavy atom. The minimum absolute atomic E-state index is 0.0897. The molecule has 1 heterocycles. The van der Waals surface area contributed by atoms with Crippen LogP contribution in [-0.2, 0) is 19.1 Å². The Kier molecular flexibility index (Phi) is 8.57. The highest BCUT2D eigenvalue weighted by atomic mass is 79.9. The summed E-state index contributed by atoms with van der Waals surface area (Å²) in [6.45, 7) is 1.11. The van der Waals surface area contributed by atoms with E-state index >= 15 is 0 Å². The molecule has 12 heteroatoms. The fourth-order valence-electron chi connectivity index (χ4n) is 3.33. The number of halogens is 2. The molecule has 2 N–H and O–H groups in total. The third-order valence-corrected chi connectivity index (χ3v) is 6.64. The summed E-state index contributed by atoms with van der Waals surface area (Å²) in [6.07, 6.45) is -0.163. The smallest absolute Gasteiger partial charge is 0.311 e. The molecule has 3 amide bonds. The molecule has 0 bridgehead atoms. The van der Waals surface area contributed by atoms with Crippen molar-refractivity contribution in [1.82, 2.24) is 10.4 Å². The topological polar surface area (TPSA) is 123 Å². The van der Waals surface area contributed by atoms with Gasteiger partial charge in [-0.05, 0) is 52.7 Å². The second-order valence-corrected chi connectivity index (χ2v) is 8.87. The van der Waals surface area contributed by atoms with Crippen LogP contribution in [0.25, 0.3) is 0 Å². The van der Waals surface area contributed by atoms with Gasteiger partial charge in [-0.2, -0.15) is 0 Å². The van der Waals surface area contributed by atoms with Crippen molar-refractivity contribution in [2.75, 3.05) is 32.7 Å². The van der Waals surface area contributed by atoms with E-state index in [2.05, 4.69) is 26.7 Å². The van der Waals surface area contributed by atoms with E-state index in [1.54, 1.807) is 25.1 Å². The number of benzene rings is 2. The summed E-state index contributed by atoms with van der Waals surface area (Å²) in [5.41, 5.74) is 3.82. The molecule has 1 atom stereocenters. The van der Waals surface area contributed by atoms with Crippen molar-refractivity contribution in [2.24, 2.45) is 5.92 Å². The number of amides is 3. The molecule has 0 aliphatic carbocycles. The molecule has 0 aromatic heterocycles. The van der Waals surface area contributed by atoms with Crippen LogP contribution in [0.2, 0.25) is 5.02 Å². The molecule has 1 aliphatic rings. The van der Waals surface area contributed by atoms with Crippen molar-refractivity contribution in [3.05, 3.63) is 51.0 Å². The number of nitrogens with zero attached hydrogens (tertiary/aromatic N) is 1. The molecule has 2 aromatic carbocycles. The summed E-state index contributed by atoms with van der Waals surface area (Å²) in [4.78, 5) is 49.6. The first-order valence-corrected chi connectivity index (χ1v) is 11.6. The van der Waals surface area contributed by atoms with Crippen molar-refractivity contribution < 1.29 is 33.4 Å². The largest absolute Gasteiger partial charge is 0.497 e. The van der Waals surface area contributed by atoms with Crippen LogP contribution in [-0.4, -0.2) is 56.1 Å². The third kappa shape index (κ3) is 6.43. The summed E-state index contributed by atoms with van der Waals surface area (Å²) >= 11 is 9.45. The second-order valence-electron chi connectivity index (χ2n) is 7.64. The van der Waals surface area contributed by atoms with Gasteiger partial charge in [-0.1, -0.05) is 11.6 Å². The first kappa shape index (κ1) is 26.3. The van der Waals surface area contributed by atoms with Gasteiger partial charge in [0.05, 0.1) is 31.7 Å². The third-order valence-electron chi connectivity index (χ3n) is 5.27. The summed E-state index contributed by atoms with van der Waals surface area (Å²) in [7, 11) is 2.90. The van der Waals surface area contributed by atoms with E-state index in [0.717, 1.165) is 5.01 Å². The van der Waals surface area contributed by atoms with Crippen LogP contribution in [0.15, 0.2) is 34.8 Å². The van der Waals surface area contributed by atoms with E-state index in [-0.39, 0.29) is 18.5 Å². The Morgan fingerprint density at radius 1 is 1.14 bits per heavy atom. The molecule has 0 saturated carbocycles. The lowest BCUT2D eigenvalue weighted by atomic mass is 10.1. The van der Waals surface area contributed by atoms with E-state index in [1.165, 1.54) is 26.4 Å². The molecule has 1 saturated heterocycles. The average molecular weight is 569 g/mol. The normalized spacial score (nSPS) is 14.9. The zero-order valence-corrected chi connectivity index (χ0v) is 21.5. The number of methoxy groups -OCH3 is 2. The van der Waals surface area contributed by atoms with Crippen LogP contribution in [0.1, 0.15) is 22.3 Å². The van der Waals surface area contributed by atoms with E-state index in [0.29, 0.717) is 32.2 Å². The molecule has 1 fully saturated rings. The lowest BCUT2D eigenvalue weighted by Gasteiger charge is -2.18. The van der Waals surface area contributed by atoms with E-state index in [1.807, 2.05) is 0 Å². The number of ether oxygens (including phenoxy) is 3. The summed E-state index contributed by atoms with van der Waals surface area (Å²) in [5.74, 6) is -2.34. The highest BCUT2D eigenvalue weighted by Gasteiger charge is 2.37. The van der Waals surface area contributed by atoms with Gasteiger partial charge in [0.2, 0.25) is 5.91 Å². The molecule has 0 radical (unpaired) electrons. The van der Waals surface area contributed by atoms with Gasteiger partial charge < -0.3 is 19.5 Å². The van der Waals surface area contributed by atoms with Gasteiger partial charge in [0.15, 0.2) is 6.61 Å². The Bertz CT molecular complexity index is 1150. The summed E-state index contributed by atoms with van der Waals surface area (Å²) < 4.78 is 16.1. The molecular formula is C23H23BrClN3O7. The maximum Gasteiger partial charge on any atom is 0.311 e. The molecule has 0 spiro atoms. The van der Waals surface area contributed by atoms with Crippen molar-refractivity contribution in [1.29, 1.82) is 0 Å². The number of hydrogen-bond donors (Lipinski definition) is 2. The van der Waals surface area contributed by atoms with Crippen LogP contribution in [0.5, 0.6) is 11.5 Å². The molecular weight excluding hydrogens is 546 g/mol.